The van der Waals surface area contributed by atoms with E-state index in [1.807, 2.05) is 32.0 Å². The molecule has 0 amide bonds. The Bertz CT molecular complexity index is 893. The maximum Gasteiger partial charge on any atom is 0.193 e. The van der Waals surface area contributed by atoms with Crippen LogP contribution in [0.1, 0.15) is 73.0 Å². The van der Waals surface area contributed by atoms with Crippen LogP contribution in [0.4, 0.5) is 0 Å². The zero-order valence-electron chi connectivity index (χ0n) is 17.0. The van der Waals surface area contributed by atoms with Crippen LogP contribution in [-0.4, -0.2) is 10.9 Å². The second-order valence-corrected chi connectivity index (χ2v) is 7.72. The van der Waals surface area contributed by atoms with Crippen molar-refractivity contribution in [3.63, 3.8) is 0 Å². The molecule has 148 valence electrons. The van der Waals surface area contributed by atoms with Crippen LogP contribution in [0.2, 0.25) is 5.02 Å². The second kappa shape index (κ2) is 10.3. The molecule has 0 atom stereocenters. The molecule has 0 bridgehead atoms. The number of aliphatic hydroxyl groups is 1. The van der Waals surface area contributed by atoms with E-state index in [-0.39, 0.29) is 11.5 Å². The Labute approximate surface area is 173 Å². The summed E-state index contributed by atoms with van der Waals surface area (Å²) in [6.07, 6.45) is 5.47. The summed E-state index contributed by atoms with van der Waals surface area (Å²) in [7, 11) is 0. The van der Waals surface area contributed by atoms with E-state index in [0.29, 0.717) is 21.7 Å². The summed E-state index contributed by atoms with van der Waals surface area (Å²) in [5.74, 6) is -0.100. The van der Waals surface area contributed by atoms with Crippen molar-refractivity contribution in [2.75, 3.05) is 0 Å². The number of ketones is 1. The van der Waals surface area contributed by atoms with Crippen LogP contribution in [0.3, 0.4) is 0 Å². The van der Waals surface area contributed by atoms with Gasteiger partial charge < -0.3 is 5.11 Å². The molecule has 0 aliphatic heterocycles. The smallest absolute Gasteiger partial charge is 0.193 e. The quantitative estimate of drug-likeness (QED) is 0.203. The molecule has 1 N–H and O–H groups in total. The number of rotatable bonds is 9. The van der Waals surface area contributed by atoms with Gasteiger partial charge in [-0.3, -0.25) is 4.79 Å². The van der Waals surface area contributed by atoms with Gasteiger partial charge in [0.25, 0.3) is 0 Å². The third-order valence-corrected chi connectivity index (χ3v) is 5.22. The van der Waals surface area contributed by atoms with Crippen LogP contribution in [-0.2, 0) is 0 Å². The predicted molar refractivity (Wildman–Crippen MR) is 120 cm³/mol. The lowest BCUT2D eigenvalue weighted by molar-refractivity contribution is 0.105. The molecule has 0 saturated heterocycles. The van der Waals surface area contributed by atoms with Gasteiger partial charge in [0.05, 0.1) is 0 Å². The number of Topliss-reactive ketones (excluding diaryl/α,β-unsaturated/α-hetero) is 1. The summed E-state index contributed by atoms with van der Waals surface area (Å²) in [6, 6.07) is 12.6. The van der Waals surface area contributed by atoms with Crippen molar-refractivity contribution in [1.82, 2.24) is 0 Å². The molecule has 0 radical (unpaired) electrons. The first-order chi connectivity index (χ1) is 13.3. The molecular formula is C25H29ClO2. The first-order valence-corrected chi connectivity index (χ1v) is 10.2. The van der Waals surface area contributed by atoms with E-state index in [1.165, 1.54) is 12.8 Å². The molecule has 28 heavy (non-hydrogen) atoms. The van der Waals surface area contributed by atoms with Gasteiger partial charge in [-0.05, 0) is 56.0 Å². The minimum atomic E-state index is -0.0542. The number of allylic oxidation sites excluding steroid dienone is 2. The van der Waals surface area contributed by atoms with Gasteiger partial charge in [-0.15, -0.1) is 0 Å². The van der Waals surface area contributed by atoms with E-state index in [9.17, 15) is 9.90 Å². The fraction of sp³-hybridized carbons (Fsp3) is 0.320. The summed E-state index contributed by atoms with van der Waals surface area (Å²) in [4.78, 5) is 13.5. The number of hydrogen-bond donors (Lipinski definition) is 1. The van der Waals surface area contributed by atoms with Crippen LogP contribution in [0.25, 0.3) is 11.3 Å². The molecule has 0 aromatic heterocycles. The van der Waals surface area contributed by atoms with Crippen LogP contribution < -0.4 is 0 Å². The van der Waals surface area contributed by atoms with Gasteiger partial charge in [0.2, 0.25) is 0 Å². The predicted octanol–water partition coefficient (Wildman–Crippen LogP) is 7.80. The molecule has 0 unspecified atom stereocenters. The van der Waals surface area contributed by atoms with Gasteiger partial charge in [-0.25, -0.2) is 0 Å². The number of carbonyl (C=O) groups excluding carboxylic acids is 1. The summed E-state index contributed by atoms with van der Waals surface area (Å²) in [5.41, 5.74) is 4.75. The third-order valence-electron chi connectivity index (χ3n) is 4.99. The topological polar surface area (TPSA) is 37.3 Å². The number of unbranched alkanes of at least 4 members (excludes halogenated alkanes) is 3. The van der Waals surface area contributed by atoms with Crippen molar-refractivity contribution in [3.05, 3.63) is 81.9 Å². The Kier molecular flexibility index (Phi) is 8.07. The monoisotopic (exact) mass is 396 g/mol. The van der Waals surface area contributed by atoms with Crippen LogP contribution in [0.5, 0.6) is 0 Å². The average molecular weight is 397 g/mol. The van der Waals surface area contributed by atoms with E-state index < -0.39 is 0 Å². The van der Waals surface area contributed by atoms with Gasteiger partial charge in [0, 0.05) is 21.7 Å². The Hall–Kier alpha value is -2.32. The number of aryl methyl sites for hydroxylation is 1. The Morgan fingerprint density at radius 1 is 1.07 bits per heavy atom. The van der Waals surface area contributed by atoms with Crippen molar-refractivity contribution < 1.29 is 9.90 Å². The summed E-state index contributed by atoms with van der Waals surface area (Å²) >= 11 is 6.25. The number of benzene rings is 2. The second-order valence-electron chi connectivity index (χ2n) is 7.28. The lowest BCUT2D eigenvalue weighted by Crippen LogP contribution is -2.07. The third kappa shape index (κ3) is 5.59. The molecular weight excluding hydrogens is 368 g/mol. The summed E-state index contributed by atoms with van der Waals surface area (Å²) in [6.45, 7) is 9.78. The van der Waals surface area contributed by atoms with Crippen molar-refractivity contribution in [2.24, 2.45) is 0 Å². The highest BCUT2D eigenvalue weighted by Gasteiger charge is 2.20. The molecule has 0 heterocycles. The van der Waals surface area contributed by atoms with E-state index >= 15 is 0 Å². The number of halogens is 1. The minimum Gasteiger partial charge on any atom is -0.508 e. The molecule has 2 aromatic carbocycles. The zero-order valence-corrected chi connectivity index (χ0v) is 17.8. The molecule has 3 heteroatoms. The van der Waals surface area contributed by atoms with Crippen molar-refractivity contribution in [2.45, 2.75) is 52.9 Å². The normalized spacial score (nSPS) is 11.9. The van der Waals surface area contributed by atoms with Crippen molar-refractivity contribution in [3.8, 4) is 0 Å². The number of aliphatic hydroxyl groups excluding tert-OH is 1. The molecule has 2 aromatic rings. The highest BCUT2D eigenvalue weighted by Crippen LogP contribution is 2.31. The lowest BCUT2D eigenvalue weighted by Gasteiger charge is -2.16. The molecule has 0 aliphatic rings. The maximum atomic E-state index is 13.5. The number of carbonyl (C=O) groups is 1. The van der Waals surface area contributed by atoms with Gasteiger partial charge >= 0.3 is 0 Å². The molecule has 2 rings (SSSR count). The first kappa shape index (κ1) is 22.0. The Morgan fingerprint density at radius 2 is 1.79 bits per heavy atom. The van der Waals surface area contributed by atoms with E-state index in [1.54, 1.807) is 24.3 Å². The maximum absolute atomic E-state index is 13.5. The first-order valence-electron chi connectivity index (χ1n) is 9.84. The molecule has 0 fully saturated rings. The van der Waals surface area contributed by atoms with E-state index in [0.717, 1.165) is 36.0 Å². The molecule has 0 spiro atoms. The van der Waals surface area contributed by atoms with Crippen molar-refractivity contribution >= 4 is 28.7 Å². The fourth-order valence-corrected chi connectivity index (χ4v) is 3.51. The highest BCUT2D eigenvalue weighted by molar-refractivity contribution is 6.33. The fourth-order valence-electron chi connectivity index (χ4n) is 3.34. The summed E-state index contributed by atoms with van der Waals surface area (Å²) < 4.78 is 0. The highest BCUT2D eigenvalue weighted by atomic mass is 35.5. The Morgan fingerprint density at radius 3 is 2.46 bits per heavy atom. The lowest BCUT2D eigenvalue weighted by atomic mass is 9.88. The standard InChI is InChI=1S/C25H29ClO2/c1-5-6-7-8-10-18(3)24(23-16-22(26)14-13-17(23)2)25(28)21-12-9-11-20(15-21)19(4)27/h9,11-16,27H,4-8,10H2,1-3H3/b24-18-. The zero-order chi connectivity index (χ0) is 20.7. The largest absolute Gasteiger partial charge is 0.508 e. The van der Waals surface area contributed by atoms with Gasteiger partial charge in [0.1, 0.15) is 5.76 Å². The van der Waals surface area contributed by atoms with Crippen molar-refractivity contribution in [1.29, 1.82) is 0 Å². The molecule has 0 aliphatic carbocycles. The van der Waals surface area contributed by atoms with E-state index in [2.05, 4.69) is 13.5 Å². The van der Waals surface area contributed by atoms with Crippen LogP contribution in [0, 0.1) is 6.92 Å². The molecule has 0 saturated carbocycles. The van der Waals surface area contributed by atoms with Gasteiger partial charge in [-0.1, -0.05) is 74.2 Å². The van der Waals surface area contributed by atoms with Gasteiger partial charge in [0.15, 0.2) is 5.78 Å². The van der Waals surface area contributed by atoms with Gasteiger partial charge in [-0.2, -0.15) is 0 Å². The SMILES string of the molecule is C=C(O)c1cccc(C(=O)/C(=C(/C)CCCCCC)c2cc(Cl)ccc2C)c1. The van der Waals surface area contributed by atoms with E-state index in [4.69, 9.17) is 11.6 Å². The number of hydrogen-bond acceptors (Lipinski definition) is 2. The Balaban J connectivity index is 2.51. The van der Waals surface area contributed by atoms with Crippen LogP contribution >= 0.6 is 11.6 Å². The summed E-state index contributed by atoms with van der Waals surface area (Å²) in [5, 5.41) is 10.3. The molecule has 2 nitrogen and oxygen atoms in total. The minimum absolute atomic E-state index is 0.0459. The average Bonchev–Trinajstić information content (AvgIpc) is 2.68. The van der Waals surface area contributed by atoms with Crippen LogP contribution in [0.15, 0.2) is 54.6 Å².